The topological polar surface area (TPSA) is 58.2 Å². The molecular formula is C18H13ClN2O2S3. The van der Waals surface area contributed by atoms with Gasteiger partial charge >= 0.3 is 0 Å². The molecule has 2 aromatic carbocycles. The zero-order chi connectivity index (χ0) is 18.5. The Morgan fingerprint density at radius 3 is 2.50 bits per heavy atom. The summed E-state index contributed by atoms with van der Waals surface area (Å²) in [5.74, 6) is 0.0450. The molecule has 0 bridgehead atoms. The third kappa shape index (κ3) is 5.35. The fourth-order valence-electron chi connectivity index (χ4n) is 2.11. The Bertz CT molecular complexity index is 880. The highest BCUT2D eigenvalue weighted by atomic mass is 35.5. The molecule has 8 heteroatoms. The predicted octanol–water partition coefficient (Wildman–Crippen LogP) is 4.56. The van der Waals surface area contributed by atoms with Crippen LogP contribution in [0.25, 0.3) is 6.08 Å². The number of amides is 2. The van der Waals surface area contributed by atoms with Crippen molar-refractivity contribution in [1.82, 2.24) is 5.32 Å². The molecule has 1 aliphatic heterocycles. The van der Waals surface area contributed by atoms with Gasteiger partial charge in [-0.05, 0) is 48.0 Å². The van der Waals surface area contributed by atoms with Crippen molar-refractivity contribution in [3.05, 3.63) is 64.0 Å². The summed E-state index contributed by atoms with van der Waals surface area (Å²) in [6.45, 7) is 0. The lowest BCUT2D eigenvalue weighted by Gasteiger charge is -2.05. The maximum absolute atomic E-state index is 12.0. The molecule has 26 heavy (non-hydrogen) atoms. The lowest BCUT2D eigenvalue weighted by Crippen LogP contribution is -2.17. The van der Waals surface area contributed by atoms with E-state index in [9.17, 15) is 9.59 Å². The maximum Gasteiger partial charge on any atom is 0.263 e. The standard InChI is InChI=1S/C18H13ClN2O2S3/c19-12-3-5-13(6-4-12)20-16(22)10-25-14-7-1-11(2-8-14)9-15-17(23)21-18(24)26-15/h1-9H,10H2,(H,20,22)(H,21,23,24)/b15-9-. The Labute approximate surface area is 169 Å². The third-order valence-corrected chi connectivity index (χ3v) is 5.74. The van der Waals surface area contributed by atoms with Crippen molar-refractivity contribution in [3.63, 3.8) is 0 Å². The molecule has 0 unspecified atom stereocenters. The highest BCUT2D eigenvalue weighted by molar-refractivity contribution is 8.26. The maximum atomic E-state index is 12.0. The molecule has 1 aliphatic rings. The number of halogens is 1. The summed E-state index contributed by atoms with van der Waals surface area (Å²) in [4.78, 5) is 25.2. The van der Waals surface area contributed by atoms with Gasteiger partial charge in [0.15, 0.2) is 0 Å². The van der Waals surface area contributed by atoms with E-state index in [-0.39, 0.29) is 11.8 Å². The summed E-state index contributed by atoms with van der Waals surface area (Å²) < 4.78 is 0.472. The molecule has 0 radical (unpaired) electrons. The second-order valence-electron chi connectivity index (χ2n) is 5.27. The highest BCUT2D eigenvalue weighted by Gasteiger charge is 2.21. The van der Waals surface area contributed by atoms with Gasteiger partial charge in [0.1, 0.15) is 4.32 Å². The summed E-state index contributed by atoms with van der Waals surface area (Å²) >= 11 is 13.5. The van der Waals surface area contributed by atoms with Crippen molar-refractivity contribution in [1.29, 1.82) is 0 Å². The Balaban J connectivity index is 1.53. The SMILES string of the molecule is O=C(CSc1ccc(/C=C2\SC(=S)NC2=O)cc1)Nc1ccc(Cl)cc1. The van der Waals surface area contributed by atoms with Crippen molar-refractivity contribution in [2.24, 2.45) is 0 Å². The molecule has 132 valence electrons. The number of thioether (sulfide) groups is 2. The second-order valence-corrected chi connectivity index (χ2v) is 8.47. The number of benzene rings is 2. The minimum Gasteiger partial charge on any atom is -0.325 e. The molecule has 0 aromatic heterocycles. The van der Waals surface area contributed by atoms with Gasteiger partial charge in [0, 0.05) is 15.6 Å². The van der Waals surface area contributed by atoms with Gasteiger partial charge in [-0.2, -0.15) is 0 Å². The number of anilines is 1. The number of thiocarbonyl (C=S) groups is 1. The zero-order valence-corrected chi connectivity index (χ0v) is 16.5. The van der Waals surface area contributed by atoms with Gasteiger partial charge in [-0.3, -0.25) is 9.59 Å². The van der Waals surface area contributed by atoms with Gasteiger partial charge < -0.3 is 10.6 Å². The van der Waals surface area contributed by atoms with E-state index in [1.54, 1.807) is 30.3 Å². The second kappa shape index (κ2) is 8.73. The number of rotatable bonds is 5. The van der Waals surface area contributed by atoms with E-state index >= 15 is 0 Å². The first kappa shape index (κ1) is 19.0. The highest BCUT2D eigenvalue weighted by Crippen LogP contribution is 2.27. The molecule has 1 heterocycles. The minimum atomic E-state index is -0.169. The zero-order valence-electron chi connectivity index (χ0n) is 13.3. The normalized spacial score (nSPS) is 15.2. The van der Waals surface area contributed by atoms with E-state index in [2.05, 4.69) is 10.6 Å². The van der Waals surface area contributed by atoms with E-state index in [0.717, 1.165) is 10.5 Å². The Hall–Kier alpha value is -1.80. The van der Waals surface area contributed by atoms with Crippen LogP contribution in [-0.4, -0.2) is 21.9 Å². The molecule has 2 aromatic rings. The van der Waals surface area contributed by atoms with Crippen LogP contribution < -0.4 is 10.6 Å². The fourth-order valence-corrected chi connectivity index (χ4v) is 3.98. The minimum absolute atomic E-state index is 0.0870. The van der Waals surface area contributed by atoms with E-state index in [4.69, 9.17) is 23.8 Å². The Morgan fingerprint density at radius 2 is 1.88 bits per heavy atom. The first-order valence-corrected chi connectivity index (χ1v) is 10.1. The summed E-state index contributed by atoms with van der Waals surface area (Å²) in [5, 5.41) is 6.03. The first-order valence-electron chi connectivity index (χ1n) is 7.53. The smallest absolute Gasteiger partial charge is 0.263 e. The predicted molar refractivity (Wildman–Crippen MR) is 114 cm³/mol. The largest absolute Gasteiger partial charge is 0.325 e. The lowest BCUT2D eigenvalue weighted by molar-refractivity contribution is -0.115. The van der Waals surface area contributed by atoms with Crippen molar-refractivity contribution < 1.29 is 9.59 Å². The van der Waals surface area contributed by atoms with Crippen LogP contribution >= 0.6 is 47.3 Å². The van der Waals surface area contributed by atoms with Crippen molar-refractivity contribution in [2.75, 3.05) is 11.1 Å². The lowest BCUT2D eigenvalue weighted by atomic mass is 10.2. The Morgan fingerprint density at radius 1 is 1.19 bits per heavy atom. The summed E-state index contributed by atoms with van der Waals surface area (Å²) in [6, 6.07) is 14.6. The monoisotopic (exact) mass is 420 g/mol. The van der Waals surface area contributed by atoms with Gasteiger partial charge in [-0.25, -0.2) is 0 Å². The van der Waals surface area contributed by atoms with Gasteiger partial charge in [0.2, 0.25) is 5.91 Å². The van der Waals surface area contributed by atoms with Crippen LogP contribution in [0, 0.1) is 0 Å². The Kier molecular flexibility index (Phi) is 6.37. The van der Waals surface area contributed by atoms with Crippen LogP contribution in [0.2, 0.25) is 5.02 Å². The molecule has 4 nitrogen and oxygen atoms in total. The molecule has 0 saturated carbocycles. The molecule has 1 fully saturated rings. The summed E-state index contributed by atoms with van der Waals surface area (Å²) in [6.07, 6.45) is 1.79. The molecule has 0 atom stereocenters. The van der Waals surface area contributed by atoms with E-state index in [0.29, 0.717) is 25.7 Å². The van der Waals surface area contributed by atoms with Crippen LogP contribution in [-0.2, 0) is 9.59 Å². The van der Waals surface area contributed by atoms with Crippen LogP contribution in [0.15, 0.2) is 58.3 Å². The quantitative estimate of drug-likeness (QED) is 0.422. The van der Waals surface area contributed by atoms with Crippen LogP contribution in [0.1, 0.15) is 5.56 Å². The molecule has 2 amide bonds. The van der Waals surface area contributed by atoms with Gasteiger partial charge in [0.25, 0.3) is 5.91 Å². The number of hydrogen-bond acceptors (Lipinski definition) is 5. The molecular weight excluding hydrogens is 408 g/mol. The average Bonchev–Trinajstić information content (AvgIpc) is 2.93. The average molecular weight is 421 g/mol. The summed E-state index contributed by atoms with van der Waals surface area (Å²) in [7, 11) is 0. The number of carbonyl (C=O) groups is 2. The third-order valence-electron chi connectivity index (χ3n) is 3.32. The van der Waals surface area contributed by atoms with E-state index in [1.165, 1.54) is 23.5 Å². The molecule has 0 spiro atoms. The number of carbonyl (C=O) groups excluding carboxylic acids is 2. The molecule has 0 aliphatic carbocycles. The van der Waals surface area contributed by atoms with Crippen molar-refractivity contribution >= 4 is 75.2 Å². The molecule has 2 N–H and O–H groups in total. The first-order chi connectivity index (χ1) is 12.5. The van der Waals surface area contributed by atoms with Gasteiger partial charge in [0.05, 0.1) is 10.7 Å². The summed E-state index contributed by atoms with van der Waals surface area (Å²) in [5.41, 5.74) is 1.62. The van der Waals surface area contributed by atoms with Crippen LogP contribution in [0.3, 0.4) is 0 Å². The van der Waals surface area contributed by atoms with Crippen molar-refractivity contribution in [3.8, 4) is 0 Å². The molecule has 3 rings (SSSR count). The fraction of sp³-hybridized carbons (Fsp3) is 0.0556. The van der Waals surface area contributed by atoms with Crippen molar-refractivity contribution in [2.45, 2.75) is 4.90 Å². The van der Waals surface area contributed by atoms with E-state index < -0.39 is 0 Å². The van der Waals surface area contributed by atoms with E-state index in [1.807, 2.05) is 24.3 Å². The number of nitrogens with one attached hydrogen (secondary N) is 2. The van der Waals surface area contributed by atoms with Crippen LogP contribution in [0.5, 0.6) is 0 Å². The van der Waals surface area contributed by atoms with Crippen LogP contribution in [0.4, 0.5) is 5.69 Å². The molecule has 1 saturated heterocycles. The number of hydrogen-bond donors (Lipinski definition) is 2. The van der Waals surface area contributed by atoms with Gasteiger partial charge in [-0.1, -0.05) is 47.7 Å². The van der Waals surface area contributed by atoms with Gasteiger partial charge in [-0.15, -0.1) is 11.8 Å².